The summed E-state index contributed by atoms with van der Waals surface area (Å²) in [6, 6.07) is 15.3. The standard InChI is InChI=1S/C25H28N4O3S/c1-18-2-8-22(9-3-18)32-16-23-27-21(17-33-23)14-24(30)29-12-10-28(11-13-29)15-19-4-6-20(7-5-19)25(26)31/h2-9,17H,10-16H2,1H3,(H2,26,31). The molecule has 33 heavy (non-hydrogen) atoms. The van der Waals surface area contributed by atoms with E-state index in [9.17, 15) is 9.59 Å². The Hall–Kier alpha value is -3.23. The molecule has 0 aliphatic carbocycles. The van der Waals surface area contributed by atoms with E-state index in [4.69, 9.17) is 10.5 Å². The normalized spacial score (nSPS) is 14.3. The van der Waals surface area contributed by atoms with Gasteiger partial charge in [-0.2, -0.15) is 0 Å². The van der Waals surface area contributed by atoms with Gasteiger partial charge in [0, 0.05) is 43.7 Å². The molecule has 1 saturated heterocycles. The molecule has 2 amide bonds. The second kappa shape index (κ2) is 10.6. The van der Waals surface area contributed by atoms with Crippen molar-refractivity contribution in [3.8, 4) is 5.75 Å². The van der Waals surface area contributed by atoms with Crippen molar-refractivity contribution in [2.24, 2.45) is 5.73 Å². The minimum atomic E-state index is -0.417. The van der Waals surface area contributed by atoms with E-state index in [0.29, 0.717) is 31.7 Å². The highest BCUT2D eigenvalue weighted by Crippen LogP contribution is 2.17. The first-order valence-electron chi connectivity index (χ1n) is 11.0. The summed E-state index contributed by atoms with van der Waals surface area (Å²) in [4.78, 5) is 32.7. The van der Waals surface area contributed by atoms with Crippen LogP contribution in [0.25, 0.3) is 0 Å². The third-order valence-electron chi connectivity index (χ3n) is 5.68. The molecule has 1 aliphatic rings. The van der Waals surface area contributed by atoms with Crippen molar-refractivity contribution < 1.29 is 14.3 Å². The van der Waals surface area contributed by atoms with Gasteiger partial charge in [0.2, 0.25) is 11.8 Å². The van der Waals surface area contributed by atoms with Gasteiger partial charge in [-0.1, -0.05) is 29.8 Å². The smallest absolute Gasteiger partial charge is 0.248 e. The monoisotopic (exact) mass is 464 g/mol. The van der Waals surface area contributed by atoms with Crippen LogP contribution in [0.1, 0.15) is 32.2 Å². The number of nitrogens with zero attached hydrogens (tertiary/aromatic N) is 3. The minimum absolute atomic E-state index is 0.108. The van der Waals surface area contributed by atoms with Crippen molar-refractivity contribution in [3.63, 3.8) is 0 Å². The van der Waals surface area contributed by atoms with Crippen LogP contribution in [-0.2, 0) is 24.4 Å². The van der Waals surface area contributed by atoms with E-state index in [1.807, 2.05) is 53.6 Å². The molecule has 2 aromatic carbocycles. The first-order chi connectivity index (χ1) is 16.0. The fraction of sp³-hybridized carbons (Fsp3) is 0.320. The number of rotatable bonds is 8. The number of nitrogens with two attached hydrogens (primary N) is 1. The van der Waals surface area contributed by atoms with Gasteiger partial charge in [-0.15, -0.1) is 11.3 Å². The number of primary amides is 1. The molecule has 7 nitrogen and oxygen atoms in total. The van der Waals surface area contributed by atoms with E-state index in [0.717, 1.165) is 41.6 Å². The first kappa shape index (κ1) is 22.9. The zero-order valence-corrected chi connectivity index (χ0v) is 19.5. The second-order valence-electron chi connectivity index (χ2n) is 8.23. The Bertz CT molecular complexity index is 1090. The third-order valence-corrected chi connectivity index (χ3v) is 6.56. The Kier molecular flexibility index (Phi) is 7.36. The minimum Gasteiger partial charge on any atom is -0.486 e. The maximum atomic E-state index is 12.8. The molecule has 0 unspecified atom stereocenters. The Morgan fingerprint density at radius 3 is 2.39 bits per heavy atom. The van der Waals surface area contributed by atoms with Crippen LogP contribution in [0.3, 0.4) is 0 Å². The van der Waals surface area contributed by atoms with Crippen molar-refractivity contribution in [1.82, 2.24) is 14.8 Å². The molecule has 2 N–H and O–H groups in total. The van der Waals surface area contributed by atoms with Gasteiger partial charge in [-0.05, 0) is 36.8 Å². The molecule has 172 valence electrons. The summed E-state index contributed by atoms with van der Waals surface area (Å²) in [5, 5.41) is 2.81. The third kappa shape index (κ3) is 6.40. The lowest BCUT2D eigenvalue weighted by atomic mass is 10.1. The lowest BCUT2D eigenvalue weighted by Gasteiger charge is -2.34. The van der Waals surface area contributed by atoms with Crippen LogP contribution < -0.4 is 10.5 Å². The van der Waals surface area contributed by atoms with Gasteiger partial charge in [0.25, 0.3) is 0 Å². The fourth-order valence-electron chi connectivity index (χ4n) is 3.73. The lowest BCUT2D eigenvalue weighted by Crippen LogP contribution is -2.48. The van der Waals surface area contributed by atoms with E-state index >= 15 is 0 Å². The summed E-state index contributed by atoms with van der Waals surface area (Å²) in [7, 11) is 0. The van der Waals surface area contributed by atoms with Gasteiger partial charge >= 0.3 is 0 Å². The number of benzene rings is 2. The number of piperazine rings is 1. The van der Waals surface area contributed by atoms with E-state index in [-0.39, 0.29) is 5.91 Å². The molecule has 0 atom stereocenters. The lowest BCUT2D eigenvalue weighted by molar-refractivity contribution is -0.132. The number of ether oxygens (including phenoxy) is 1. The molecule has 1 aliphatic heterocycles. The molecule has 0 bridgehead atoms. The summed E-state index contributed by atoms with van der Waals surface area (Å²) in [5.74, 6) is 0.506. The molecular weight excluding hydrogens is 436 g/mol. The zero-order chi connectivity index (χ0) is 23.2. The Labute approximate surface area is 197 Å². The van der Waals surface area contributed by atoms with Crippen LogP contribution in [0.15, 0.2) is 53.9 Å². The van der Waals surface area contributed by atoms with Crippen molar-refractivity contribution in [2.45, 2.75) is 26.5 Å². The van der Waals surface area contributed by atoms with E-state index < -0.39 is 5.91 Å². The van der Waals surface area contributed by atoms with E-state index in [2.05, 4.69) is 9.88 Å². The predicted molar refractivity (Wildman–Crippen MR) is 128 cm³/mol. The number of carbonyl (C=O) groups excluding carboxylic acids is 2. The molecule has 8 heteroatoms. The first-order valence-corrected chi connectivity index (χ1v) is 11.9. The fourth-order valence-corrected chi connectivity index (χ4v) is 4.44. The summed E-state index contributed by atoms with van der Waals surface area (Å²) >= 11 is 1.52. The SMILES string of the molecule is Cc1ccc(OCc2nc(CC(=O)N3CCN(Cc4ccc(C(N)=O)cc4)CC3)cs2)cc1. The van der Waals surface area contributed by atoms with Gasteiger partial charge < -0.3 is 15.4 Å². The molecule has 1 fully saturated rings. The Balaban J connectivity index is 1.21. The van der Waals surface area contributed by atoms with Crippen molar-refractivity contribution in [3.05, 3.63) is 81.3 Å². The second-order valence-corrected chi connectivity index (χ2v) is 9.17. The number of aryl methyl sites for hydroxylation is 1. The van der Waals surface area contributed by atoms with Gasteiger partial charge in [0.05, 0.1) is 12.1 Å². The zero-order valence-electron chi connectivity index (χ0n) is 18.7. The van der Waals surface area contributed by atoms with Gasteiger partial charge in [0.15, 0.2) is 0 Å². The molecule has 3 aromatic rings. The molecule has 0 radical (unpaired) electrons. The molecule has 0 saturated carbocycles. The van der Waals surface area contributed by atoms with Gasteiger partial charge in [-0.25, -0.2) is 4.98 Å². The van der Waals surface area contributed by atoms with Crippen LogP contribution in [0.4, 0.5) is 0 Å². The maximum absolute atomic E-state index is 12.8. The summed E-state index contributed by atoms with van der Waals surface area (Å²) < 4.78 is 5.78. The van der Waals surface area contributed by atoms with Crippen molar-refractivity contribution in [2.75, 3.05) is 26.2 Å². The van der Waals surface area contributed by atoms with E-state index in [1.165, 1.54) is 16.9 Å². The Morgan fingerprint density at radius 2 is 1.73 bits per heavy atom. The largest absolute Gasteiger partial charge is 0.486 e. The van der Waals surface area contributed by atoms with Gasteiger partial charge in [0.1, 0.15) is 17.4 Å². The molecule has 0 spiro atoms. The highest BCUT2D eigenvalue weighted by Gasteiger charge is 2.22. The van der Waals surface area contributed by atoms with Gasteiger partial charge in [-0.3, -0.25) is 14.5 Å². The topological polar surface area (TPSA) is 88.8 Å². The van der Waals surface area contributed by atoms with E-state index in [1.54, 1.807) is 12.1 Å². The highest BCUT2D eigenvalue weighted by molar-refractivity contribution is 7.09. The summed E-state index contributed by atoms with van der Waals surface area (Å²) in [6.07, 6.45) is 0.315. The van der Waals surface area contributed by atoms with Crippen LogP contribution in [0, 0.1) is 6.92 Å². The molecule has 2 heterocycles. The highest BCUT2D eigenvalue weighted by atomic mass is 32.1. The van der Waals surface area contributed by atoms with Crippen LogP contribution in [0.2, 0.25) is 0 Å². The quantitative estimate of drug-likeness (QED) is 0.554. The molecule has 4 rings (SSSR count). The average molecular weight is 465 g/mol. The average Bonchev–Trinajstić information content (AvgIpc) is 3.27. The number of hydrogen-bond acceptors (Lipinski definition) is 6. The summed E-state index contributed by atoms with van der Waals surface area (Å²) in [6.45, 7) is 6.27. The van der Waals surface area contributed by atoms with Crippen LogP contribution in [-0.4, -0.2) is 52.8 Å². The number of amides is 2. The van der Waals surface area contributed by atoms with Crippen LogP contribution in [0.5, 0.6) is 5.75 Å². The predicted octanol–water partition coefficient (Wildman–Crippen LogP) is 3.02. The van der Waals surface area contributed by atoms with Crippen LogP contribution >= 0.6 is 11.3 Å². The molecule has 1 aromatic heterocycles. The van der Waals surface area contributed by atoms with Crippen molar-refractivity contribution in [1.29, 1.82) is 0 Å². The number of aromatic nitrogens is 1. The number of hydrogen-bond donors (Lipinski definition) is 1. The number of carbonyl (C=O) groups is 2. The number of thiazole rings is 1. The van der Waals surface area contributed by atoms with Crippen molar-refractivity contribution >= 4 is 23.2 Å². The molecular formula is C25H28N4O3S. The Morgan fingerprint density at radius 1 is 1.03 bits per heavy atom. The maximum Gasteiger partial charge on any atom is 0.248 e. The summed E-state index contributed by atoms with van der Waals surface area (Å²) in [5.41, 5.74) is 8.92.